The van der Waals surface area contributed by atoms with Crippen LogP contribution in [0.15, 0.2) is 29.3 Å². The zero-order valence-electron chi connectivity index (χ0n) is 18.2. The highest BCUT2D eigenvalue weighted by Crippen LogP contribution is 2.21. The van der Waals surface area contributed by atoms with Crippen LogP contribution in [0.25, 0.3) is 0 Å². The summed E-state index contributed by atoms with van der Waals surface area (Å²) in [4.78, 5) is 18.3. The topological polar surface area (TPSA) is 66.0 Å². The van der Waals surface area contributed by atoms with E-state index in [4.69, 9.17) is 4.74 Å². The Labute approximate surface area is 192 Å². The summed E-state index contributed by atoms with van der Waals surface area (Å²) in [5.74, 6) is 3.08. The molecule has 0 aliphatic carbocycles. The Morgan fingerprint density at radius 3 is 2.59 bits per heavy atom. The first-order valence-electron chi connectivity index (χ1n) is 10.4. The number of amides is 1. The van der Waals surface area contributed by atoms with Crippen molar-refractivity contribution in [3.63, 3.8) is 0 Å². The number of halogens is 1. The number of aliphatic imine (C=N–C) groups is 1. The molecular formula is C22H37IN4O2. The average Bonchev–Trinajstić information content (AvgIpc) is 2.70. The van der Waals surface area contributed by atoms with Gasteiger partial charge in [0.05, 0.1) is 6.61 Å². The summed E-state index contributed by atoms with van der Waals surface area (Å²) in [5.41, 5.74) is 1.14. The highest BCUT2D eigenvalue weighted by Gasteiger charge is 2.23. The van der Waals surface area contributed by atoms with Crippen molar-refractivity contribution in [2.24, 2.45) is 16.8 Å². The van der Waals surface area contributed by atoms with Gasteiger partial charge in [-0.2, -0.15) is 0 Å². The average molecular weight is 516 g/mol. The van der Waals surface area contributed by atoms with Crippen molar-refractivity contribution in [3.8, 4) is 5.75 Å². The molecule has 1 amide bonds. The maximum absolute atomic E-state index is 11.6. The number of nitrogens with one attached hydrogen (secondary N) is 2. The number of carbonyl (C=O) groups excluding carboxylic acids is 1. The molecule has 7 heteroatoms. The van der Waals surface area contributed by atoms with E-state index in [9.17, 15) is 4.79 Å². The molecule has 1 aromatic rings. The molecule has 2 rings (SSSR count). The molecule has 1 aliphatic heterocycles. The molecule has 1 aliphatic rings. The molecule has 1 heterocycles. The van der Waals surface area contributed by atoms with Gasteiger partial charge in [0.15, 0.2) is 5.96 Å². The second kappa shape index (κ2) is 13.7. The standard InChI is InChI=1S/C22H36N4O2.HI/c1-17(2)11-14-28-20-8-6-5-7-19(20)16-25-22(24-4)26-12-9-18(10-13-26)15-21(27)23-3;/h5-8,17-18H,9-16H2,1-4H3,(H,23,27)(H,24,25);1H. The van der Waals surface area contributed by atoms with Crippen molar-refractivity contribution in [3.05, 3.63) is 29.8 Å². The van der Waals surface area contributed by atoms with Crippen LogP contribution in [-0.4, -0.2) is 50.6 Å². The number of rotatable bonds is 8. The second-order valence-electron chi connectivity index (χ2n) is 7.85. The van der Waals surface area contributed by atoms with Crippen LogP contribution in [0.2, 0.25) is 0 Å². The van der Waals surface area contributed by atoms with Gasteiger partial charge in [0.1, 0.15) is 5.75 Å². The minimum absolute atomic E-state index is 0. The molecule has 0 spiro atoms. The maximum Gasteiger partial charge on any atom is 0.220 e. The molecule has 0 atom stereocenters. The van der Waals surface area contributed by atoms with Gasteiger partial charge in [-0.25, -0.2) is 0 Å². The molecule has 0 unspecified atom stereocenters. The van der Waals surface area contributed by atoms with Crippen LogP contribution < -0.4 is 15.4 Å². The van der Waals surface area contributed by atoms with Crippen molar-refractivity contribution in [1.29, 1.82) is 0 Å². The fourth-order valence-electron chi connectivity index (χ4n) is 3.41. The molecule has 0 saturated carbocycles. The Morgan fingerprint density at radius 2 is 1.97 bits per heavy atom. The van der Waals surface area contributed by atoms with Crippen LogP contribution in [0.4, 0.5) is 0 Å². The van der Waals surface area contributed by atoms with Crippen LogP contribution in [0.3, 0.4) is 0 Å². The van der Waals surface area contributed by atoms with E-state index in [1.807, 2.05) is 25.2 Å². The minimum atomic E-state index is 0. The molecular weight excluding hydrogens is 479 g/mol. The van der Waals surface area contributed by atoms with Crippen LogP contribution in [0, 0.1) is 11.8 Å². The van der Waals surface area contributed by atoms with E-state index in [1.165, 1.54) is 0 Å². The van der Waals surface area contributed by atoms with Gasteiger partial charge in [-0.3, -0.25) is 9.79 Å². The van der Waals surface area contributed by atoms with Crippen LogP contribution in [0.1, 0.15) is 45.1 Å². The van der Waals surface area contributed by atoms with Crippen LogP contribution in [0.5, 0.6) is 5.75 Å². The molecule has 0 bridgehead atoms. The molecule has 1 saturated heterocycles. The fraction of sp³-hybridized carbons (Fsp3) is 0.636. The lowest BCUT2D eigenvalue weighted by molar-refractivity contribution is -0.121. The zero-order chi connectivity index (χ0) is 20.4. The summed E-state index contributed by atoms with van der Waals surface area (Å²) < 4.78 is 5.99. The van der Waals surface area contributed by atoms with E-state index in [2.05, 4.69) is 40.4 Å². The number of ether oxygens (including phenoxy) is 1. The minimum Gasteiger partial charge on any atom is -0.493 e. The number of hydrogen-bond acceptors (Lipinski definition) is 3. The van der Waals surface area contributed by atoms with E-state index in [0.717, 1.165) is 56.2 Å². The largest absolute Gasteiger partial charge is 0.493 e. The first kappa shape index (κ1) is 25.5. The third-order valence-corrected chi connectivity index (χ3v) is 5.24. The number of benzene rings is 1. The van der Waals surface area contributed by atoms with Crippen molar-refractivity contribution in [1.82, 2.24) is 15.5 Å². The molecule has 0 radical (unpaired) electrons. The summed E-state index contributed by atoms with van der Waals surface area (Å²) in [6.07, 6.45) is 3.71. The molecule has 6 nitrogen and oxygen atoms in total. The Balaban J connectivity index is 0.00000420. The zero-order valence-corrected chi connectivity index (χ0v) is 20.6. The normalized spacial score (nSPS) is 15.1. The predicted molar refractivity (Wildman–Crippen MR) is 130 cm³/mol. The lowest BCUT2D eigenvalue weighted by Gasteiger charge is -2.34. The summed E-state index contributed by atoms with van der Waals surface area (Å²) in [5, 5.41) is 6.20. The quantitative estimate of drug-likeness (QED) is 0.315. The predicted octanol–water partition coefficient (Wildman–Crippen LogP) is 3.65. The molecule has 1 fully saturated rings. The molecule has 1 aromatic carbocycles. The molecule has 29 heavy (non-hydrogen) atoms. The smallest absolute Gasteiger partial charge is 0.220 e. The van der Waals surface area contributed by atoms with Gasteiger partial charge in [-0.1, -0.05) is 32.0 Å². The van der Waals surface area contributed by atoms with Gasteiger partial charge < -0.3 is 20.3 Å². The number of para-hydroxylation sites is 1. The summed E-state index contributed by atoms with van der Waals surface area (Å²) in [6, 6.07) is 8.19. The number of piperidine rings is 1. The number of guanidine groups is 1. The third kappa shape index (κ3) is 8.80. The SMILES string of the molecule is CN=C(NCc1ccccc1OCCC(C)C)N1CCC(CC(=O)NC)CC1.I. The highest BCUT2D eigenvalue weighted by molar-refractivity contribution is 14.0. The Bertz CT molecular complexity index is 643. The van der Waals surface area contributed by atoms with Gasteiger partial charge >= 0.3 is 0 Å². The Morgan fingerprint density at radius 1 is 1.28 bits per heavy atom. The number of likely N-dealkylation sites (tertiary alicyclic amines) is 1. The third-order valence-electron chi connectivity index (χ3n) is 5.24. The number of carbonyl (C=O) groups is 1. The van der Waals surface area contributed by atoms with Crippen molar-refractivity contribution >= 4 is 35.8 Å². The summed E-state index contributed by atoms with van der Waals surface area (Å²) in [7, 11) is 3.53. The van der Waals surface area contributed by atoms with E-state index in [0.29, 0.717) is 24.8 Å². The first-order valence-corrected chi connectivity index (χ1v) is 10.4. The van der Waals surface area contributed by atoms with Gasteiger partial charge in [0, 0.05) is 45.7 Å². The van der Waals surface area contributed by atoms with E-state index in [-0.39, 0.29) is 29.9 Å². The summed E-state index contributed by atoms with van der Waals surface area (Å²) >= 11 is 0. The number of hydrogen-bond donors (Lipinski definition) is 2. The highest BCUT2D eigenvalue weighted by atomic mass is 127. The monoisotopic (exact) mass is 516 g/mol. The molecule has 0 aromatic heterocycles. The van der Waals surface area contributed by atoms with Crippen molar-refractivity contribution in [2.75, 3.05) is 33.8 Å². The Kier molecular flexibility index (Phi) is 12.0. The van der Waals surface area contributed by atoms with Gasteiger partial charge in [0.2, 0.25) is 5.91 Å². The number of nitrogens with zero attached hydrogens (tertiary/aromatic N) is 2. The van der Waals surface area contributed by atoms with Gasteiger partial charge in [0.25, 0.3) is 0 Å². The van der Waals surface area contributed by atoms with E-state index in [1.54, 1.807) is 7.05 Å². The maximum atomic E-state index is 11.6. The lowest BCUT2D eigenvalue weighted by atomic mass is 9.93. The van der Waals surface area contributed by atoms with Crippen LogP contribution >= 0.6 is 24.0 Å². The molecule has 164 valence electrons. The van der Waals surface area contributed by atoms with Crippen molar-refractivity contribution in [2.45, 2.75) is 46.1 Å². The Hall–Kier alpha value is -1.51. The summed E-state index contributed by atoms with van der Waals surface area (Å²) in [6.45, 7) is 7.68. The lowest BCUT2D eigenvalue weighted by Crippen LogP contribution is -2.45. The fourth-order valence-corrected chi connectivity index (χ4v) is 3.41. The van der Waals surface area contributed by atoms with E-state index < -0.39 is 0 Å². The van der Waals surface area contributed by atoms with Crippen LogP contribution in [-0.2, 0) is 11.3 Å². The van der Waals surface area contributed by atoms with Crippen molar-refractivity contribution < 1.29 is 9.53 Å². The van der Waals surface area contributed by atoms with Gasteiger partial charge in [-0.05, 0) is 37.2 Å². The van der Waals surface area contributed by atoms with E-state index >= 15 is 0 Å². The second-order valence-corrected chi connectivity index (χ2v) is 7.85. The first-order chi connectivity index (χ1) is 13.5. The van der Waals surface area contributed by atoms with Gasteiger partial charge in [-0.15, -0.1) is 24.0 Å². The molecule has 2 N–H and O–H groups in total.